The largest absolute Gasteiger partial charge is 0.389 e. The molecule has 3 heteroatoms. The van der Waals surface area contributed by atoms with Gasteiger partial charge in [0.2, 0.25) is 0 Å². The van der Waals surface area contributed by atoms with Gasteiger partial charge in [-0.25, -0.2) is 4.39 Å². The van der Waals surface area contributed by atoms with Gasteiger partial charge in [0.05, 0.1) is 18.3 Å². The van der Waals surface area contributed by atoms with E-state index in [1.165, 1.54) is 6.07 Å². The van der Waals surface area contributed by atoms with E-state index >= 15 is 0 Å². The quantitative estimate of drug-likeness (QED) is 0.766. The molecule has 0 aliphatic heterocycles. The molecule has 1 aromatic rings. The van der Waals surface area contributed by atoms with Crippen molar-refractivity contribution in [3.63, 3.8) is 0 Å². The fraction of sp³-hybridized carbons (Fsp3) is 0.333. The lowest BCUT2D eigenvalue weighted by molar-refractivity contribution is 0.199. The van der Waals surface area contributed by atoms with E-state index in [1.807, 2.05) is 0 Å². The Bertz CT molecular complexity index is 382. The molecular weight excluding hydrogens is 193 g/mol. The number of anilines is 1. The van der Waals surface area contributed by atoms with Crippen LogP contribution in [0.3, 0.4) is 0 Å². The zero-order chi connectivity index (χ0) is 11.4. The second-order valence-electron chi connectivity index (χ2n) is 3.41. The molecule has 0 fully saturated rings. The Labute approximate surface area is 89.3 Å². The first-order valence-electron chi connectivity index (χ1n) is 4.69. The van der Waals surface area contributed by atoms with E-state index in [0.717, 1.165) is 0 Å². The number of hydrogen-bond donors (Lipinski definition) is 1. The molecule has 0 aliphatic carbocycles. The molecule has 0 radical (unpaired) electrons. The highest BCUT2D eigenvalue weighted by Crippen LogP contribution is 2.28. The molecule has 0 amide bonds. The van der Waals surface area contributed by atoms with Crippen molar-refractivity contribution in [1.29, 1.82) is 0 Å². The molecule has 2 nitrogen and oxygen atoms in total. The lowest BCUT2D eigenvalue weighted by Gasteiger charge is -2.22. The Hall–Kier alpha value is -1.53. The zero-order valence-electron chi connectivity index (χ0n) is 8.87. The third-order valence-corrected chi connectivity index (χ3v) is 2.18. The van der Waals surface area contributed by atoms with Crippen molar-refractivity contribution >= 4 is 5.69 Å². The number of para-hydroxylation sites is 1. The van der Waals surface area contributed by atoms with Crippen LogP contribution in [-0.4, -0.2) is 18.7 Å². The lowest BCUT2D eigenvalue weighted by atomic mass is 10.1. The Morgan fingerprint density at radius 3 is 2.80 bits per heavy atom. The van der Waals surface area contributed by atoms with Gasteiger partial charge in [-0.3, -0.25) is 0 Å². The van der Waals surface area contributed by atoms with Crippen LogP contribution >= 0.6 is 0 Å². The summed E-state index contributed by atoms with van der Waals surface area (Å²) in [6.07, 6.45) is 4.45. The lowest BCUT2D eigenvalue weighted by Crippen LogP contribution is -2.20. The first-order chi connectivity index (χ1) is 7.07. The molecule has 0 unspecified atom stereocenters. The van der Waals surface area contributed by atoms with E-state index < -0.39 is 6.10 Å². The fourth-order valence-corrected chi connectivity index (χ4v) is 1.49. The van der Waals surface area contributed by atoms with E-state index in [1.54, 1.807) is 31.0 Å². The maximum Gasteiger partial charge on any atom is 0.146 e. The molecule has 1 rings (SSSR count). The van der Waals surface area contributed by atoms with E-state index in [2.05, 4.69) is 5.92 Å². The Balaban J connectivity index is 3.19. The van der Waals surface area contributed by atoms with Gasteiger partial charge in [0, 0.05) is 12.6 Å². The summed E-state index contributed by atoms with van der Waals surface area (Å²) in [6.45, 7) is 1.91. The van der Waals surface area contributed by atoms with Gasteiger partial charge in [0.25, 0.3) is 0 Å². The molecule has 0 heterocycles. The highest BCUT2D eigenvalue weighted by atomic mass is 19.1. The van der Waals surface area contributed by atoms with Crippen LogP contribution in [0.25, 0.3) is 0 Å². The van der Waals surface area contributed by atoms with Crippen LogP contribution < -0.4 is 4.90 Å². The fourth-order valence-electron chi connectivity index (χ4n) is 1.49. The first-order valence-corrected chi connectivity index (χ1v) is 4.69. The first kappa shape index (κ1) is 11.5. The predicted octanol–water partition coefficient (Wildman–Crippen LogP) is 1.95. The van der Waals surface area contributed by atoms with Crippen molar-refractivity contribution in [2.24, 2.45) is 0 Å². The Morgan fingerprint density at radius 1 is 1.60 bits per heavy atom. The van der Waals surface area contributed by atoms with E-state index in [-0.39, 0.29) is 5.82 Å². The van der Waals surface area contributed by atoms with Crippen LogP contribution in [0.2, 0.25) is 0 Å². The van der Waals surface area contributed by atoms with Gasteiger partial charge in [0.1, 0.15) is 5.82 Å². The summed E-state index contributed by atoms with van der Waals surface area (Å²) in [5, 5.41) is 9.50. The van der Waals surface area contributed by atoms with Gasteiger partial charge in [-0.15, -0.1) is 6.42 Å². The smallest absolute Gasteiger partial charge is 0.146 e. The molecule has 1 N–H and O–H groups in total. The zero-order valence-corrected chi connectivity index (χ0v) is 8.87. The SMILES string of the molecule is C#CCN(C)c1c(F)cccc1[C@@H](C)O. The Kier molecular flexibility index (Phi) is 3.70. The summed E-state index contributed by atoms with van der Waals surface area (Å²) >= 11 is 0. The second kappa shape index (κ2) is 4.81. The summed E-state index contributed by atoms with van der Waals surface area (Å²) < 4.78 is 13.6. The van der Waals surface area contributed by atoms with Crippen LogP contribution in [0.4, 0.5) is 10.1 Å². The van der Waals surface area contributed by atoms with Crippen molar-refractivity contribution in [3.05, 3.63) is 29.6 Å². The number of hydrogen-bond acceptors (Lipinski definition) is 2. The maximum atomic E-state index is 13.6. The molecule has 0 spiro atoms. The summed E-state index contributed by atoms with van der Waals surface area (Å²) in [4.78, 5) is 1.61. The van der Waals surface area contributed by atoms with Crippen LogP contribution in [0.15, 0.2) is 18.2 Å². The molecule has 15 heavy (non-hydrogen) atoms. The summed E-state index contributed by atoms with van der Waals surface area (Å²) in [7, 11) is 1.70. The van der Waals surface area contributed by atoms with Crippen molar-refractivity contribution in [2.75, 3.05) is 18.5 Å². The Morgan fingerprint density at radius 2 is 2.27 bits per heavy atom. The molecule has 0 saturated carbocycles. The van der Waals surface area contributed by atoms with Crippen molar-refractivity contribution in [1.82, 2.24) is 0 Å². The average molecular weight is 207 g/mol. The van der Waals surface area contributed by atoms with Crippen LogP contribution in [0.5, 0.6) is 0 Å². The molecule has 0 bridgehead atoms. The number of halogens is 1. The third kappa shape index (κ3) is 2.48. The van der Waals surface area contributed by atoms with Gasteiger partial charge >= 0.3 is 0 Å². The summed E-state index contributed by atoms with van der Waals surface area (Å²) in [5.41, 5.74) is 0.915. The van der Waals surface area contributed by atoms with Crippen LogP contribution in [0, 0.1) is 18.2 Å². The standard InChI is InChI=1S/C12H14FNO/c1-4-8-14(3)12-10(9(2)15)6-5-7-11(12)13/h1,5-7,9,15H,8H2,2-3H3/t9-/m1/s1. The molecule has 0 saturated heterocycles. The number of aliphatic hydroxyl groups is 1. The van der Waals surface area contributed by atoms with Crippen molar-refractivity contribution in [2.45, 2.75) is 13.0 Å². The van der Waals surface area contributed by atoms with Crippen molar-refractivity contribution < 1.29 is 9.50 Å². The minimum atomic E-state index is -0.712. The minimum absolute atomic E-state index is 0.306. The van der Waals surface area contributed by atoms with Gasteiger partial charge in [-0.05, 0) is 13.0 Å². The molecule has 0 aromatic heterocycles. The minimum Gasteiger partial charge on any atom is -0.389 e. The van der Waals surface area contributed by atoms with E-state index in [4.69, 9.17) is 6.42 Å². The monoisotopic (exact) mass is 207 g/mol. The predicted molar refractivity (Wildman–Crippen MR) is 59.1 cm³/mol. The average Bonchev–Trinajstić information content (AvgIpc) is 2.17. The van der Waals surface area contributed by atoms with Gasteiger partial charge < -0.3 is 10.0 Å². The topological polar surface area (TPSA) is 23.5 Å². The van der Waals surface area contributed by atoms with E-state index in [9.17, 15) is 9.50 Å². The number of aliphatic hydroxyl groups excluding tert-OH is 1. The summed E-state index contributed by atoms with van der Waals surface area (Å²) in [6, 6.07) is 4.62. The van der Waals surface area contributed by atoms with Gasteiger partial charge in [-0.1, -0.05) is 18.1 Å². The second-order valence-corrected chi connectivity index (χ2v) is 3.41. The number of terminal acetylenes is 1. The number of rotatable bonds is 3. The molecule has 80 valence electrons. The van der Waals surface area contributed by atoms with E-state index in [0.29, 0.717) is 17.8 Å². The third-order valence-electron chi connectivity index (χ3n) is 2.18. The van der Waals surface area contributed by atoms with Crippen molar-refractivity contribution in [3.8, 4) is 12.3 Å². The normalized spacial score (nSPS) is 11.9. The molecule has 1 aromatic carbocycles. The molecular formula is C12H14FNO. The highest BCUT2D eigenvalue weighted by molar-refractivity contribution is 5.55. The number of nitrogens with zero attached hydrogens (tertiary/aromatic N) is 1. The van der Waals surface area contributed by atoms with Gasteiger partial charge in [0.15, 0.2) is 0 Å². The molecule has 0 aliphatic rings. The summed E-state index contributed by atoms with van der Waals surface area (Å²) in [5.74, 6) is 2.07. The van der Waals surface area contributed by atoms with Crippen LogP contribution in [0.1, 0.15) is 18.6 Å². The number of benzene rings is 1. The highest BCUT2D eigenvalue weighted by Gasteiger charge is 2.15. The molecule has 1 atom stereocenters. The van der Waals surface area contributed by atoms with Crippen LogP contribution in [-0.2, 0) is 0 Å². The van der Waals surface area contributed by atoms with Gasteiger partial charge in [-0.2, -0.15) is 0 Å². The maximum absolute atomic E-state index is 13.6.